The van der Waals surface area contributed by atoms with Gasteiger partial charge in [-0.3, -0.25) is 4.79 Å². The molecule has 0 saturated carbocycles. The molecule has 1 atom stereocenters. The van der Waals surface area contributed by atoms with Crippen LogP contribution in [0.3, 0.4) is 0 Å². The maximum atomic E-state index is 12.9. The quantitative estimate of drug-likeness (QED) is 0.765. The summed E-state index contributed by atoms with van der Waals surface area (Å²) in [4.78, 5) is 17.2. The Morgan fingerprint density at radius 3 is 2.44 bits per heavy atom. The van der Waals surface area contributed by atoms with Gasteiger partial charge in [0.1, 0.15) is 0 Å². The van der Waals surface area contributed by atoms with Crippen molar-refractivity contribution in [3.05, 3.63) is 72.3 Å². The Kier molecular flexibility index (Phi) is 6.02. The van der Waals surface area contributed by atoms with Gasteiger partial charge in [0.05, 0.1) is 0 Å². The maximum absolute atomic E-state index is 12.9. The van der Waals surface area contributed by atoms with Crippen LogP contribution in [0.1, 0.15) is 24.8 Å². The number of piperidine rings is 1. The topological polar surface area (TPSA) is 23.6 Å². The number of hydrogen-bond donors (Lipinski definition) is 0. The average molecular weight is 334 g/mol. The van der Waals surface area contributed by atoms with Crippen molar-refractivity contribution >= 4 is 17.7 Å². The van der Waals surface area contributed by atoms with E-state index in [1.165, 1.54) is 12.8 Å². The van der Waals surface area contributed by atoms with Gasteiger partial charge in [-0.2, -0.15) is 0 Å². The Morgan fingerprint density at radius 1 is 1.08 bits per heavy atom. The van der Waals surface area contributed by atoms with Crippen molar-refractivity contribution < 1.29 is 4.79 Å². The van der Waals surface area contributed by atoms with Crippen molar-refractivity contribution in [1.29, 1.82) is 0 Å². The molecular formula is C22H26N2O. The van der Waals surface area contributed by atoms with Crippen LogP contribution >= 0.6 is 0 Å². The minimum absolute atomic E-state index is 0.0361. The van der Waals surface area contributed by atoms with Crippen molar-refractivity contribution in [2.45, 2.75) is 25.3 Å². The first-order valence-electron chi connectivity index (χ1n) is 9.04. The van der Waals surface area contributed by atoms with Crippen LogP contribution in [0.15, 0.2) is 66.7 Å². The van der Waals surface area contributed by atoms with E-state index in [2.05, 4.69) is 11.9 Å². The second-order valence-electron chi connectivity index (χ2n) is 6.66. The van der Waals surface area contributed by atoms with E-state index in [9.17, 15) is 4.79 Å². The predicted octanol–water partition coefficient (Wildman–Crippen LogP) is 4.22. The molecule has 1 fully saturated rings. The number of nitrogens with zero attached hydrogens (tertiary/aromatic N) is 2. The number of amides is 1. The minimum Gasteiger partial charge on any atom is -0.307 e. The first-order valence-corrected chi connectivity index (χ1v) is 9.04. The highest BCUT2D eigenvalue weighted by atomic mass is 16.2. The molecule has 2 aromatic carbocycles. The summed E-state index contributed by atoms with van der Waals surface area (Å²) >= 11 is 0. The van der Waals surface area contributed by atoms with Gasteiger partial charge in [-0.25, -0.2) is 0 Å². The monoisotopic (exact) mass is 334 g/mol. The molecule has 1 amide bonds. The molecule has 130 valence electrons. The van der Waals surface area contributed by atoms with Crippen LogP contribution < -0.4 is 4.90 Å². The molecule has 0 N–H and O–H groups in total. The lowest BCUT2D eigenvalue weighted by molar-refractivity contribution is -0.114. The molecule has 0 spiro atoms. The first-order chi connectivity index (χ1) is 12.2. The zero-order valence-corrected chi connectivity index (χ0v) is 14.8. The number of likely N-dealkylation sites (tertiary alicyclic amines) is 1. The standard InChI is InChI=1S/C22H26N2O/c1-23-17-9-8-14-21(23)18-24(20-12-6-3-7-13-20)22(25)16-15-19-10-4-2-5-11-19/h2-7,10-13,15-16,21H,8-9,14,17-18H2,1H3/b16-15+. The lowest BCUT2D eigenvalue weighted by Crippen LogP contribution is -2.46. The van der Waals surface area contributed by atoms with Gasteiger partial charge in [0.15, 0.2) is 0 Å². The molecule has 1 saturated heterocycles. The van der Waals surface area contributed by atoms with E-state index >= 15 is 0 Å². The summed E-state index contributed by atoms with van der Waals surface area (Å²) in [6.07, 6.45) is 7.22. The van der Waals surface area contributed by atoms with Crippen molar-refractivity contribution in [1.82, 2.24) is 4.90 Å². The van der Waals surface area contributed by atoms with Gasteiger partial charge in [0, 0.05) is 24.4 Å². The molecule has 3 rings (SSSR count). The van der Waals surface area contributed by atoms with Crippen LogP contribution in [0.25, 0.3) is 6.08 Å². The van der Waals surface area contributed by atoms with Crippen molar-refractivity contribution in [3.63, 3.8) is 0 Å². The zero-order valence-electron chi connectivity index (χ0n) is 14.8. The summed E-state index contributed by atoms with van der Waals surface area (Å²) in [7, 11) is 2.16. The van der Waals surface area contributed by atoms with Gasteiger partial charge in [-0.1, -0.05) is 55.0 Å². The number of benzene rings is 2. The summed E-state index contributed by atoms with van der Waals surface area (Å²) in [6, 6.07) is 20.4. The molecule has 3 nitrogen and oxygen atoms in total. The molecule has 0 radical (unpaired) electrons. The highest BCUT2D eigenvalue weighted by molar-refractivity contribution is 6.03. The Bertz CT molecular complexity index is 696. The molecule has 1 heterocycles. The number of likely N-dealkylation sites (N-methyl/N-ethyl adjacent to an activating group) is 1. The van der Waals surface area contributed by atoms with E-state index in [-0.39, 0.29) is 5.91 Å². The molecule has 1 unspecified atom stereocenters. The summed E-state index contributed by atoms with van der Waals surface area (Å²) in [6.45, 7) is 1.85. The molecule has 0 aromatic heterocycles. The Hall–Kier alpha value is -2.39. The highest BCUT2D eigenvalue weighted by Gasteiger charge is 2.24. The summed E-state index contributed by atoms with van der Waals surface area (Å²) < 4.78 is 0. The molecular weight excluding hydrogens is 308 g/mol. The Labute approximate surface area is 150 Å². The van der Waals surface area contributed by atoms with Gasteiger partial charge < -0.3 is 9.80 Å². The third kappa shape index (κ3) is 4.80. The van der Waals surface area contributed by atoms with E-state index in [4.69, 9.17) is 0 Å². The number of rotatable bonds is 5. The number of carbonyl (C=O) groups is 1. The van der Waals surface area contributed by atoms with Crippen molar-refractivity contribution in [3.8, 4) is 0 Å². The average Bonchev–Trinajstić information content (AvgIpc) is 2.67. The smallest absolute Gasteiger partial charge is 0.251 e. The highest BCUT2D eigenvalue weighted by Crippen LogP contribution is 2.21. The third-order valence-electron chi connectivity index (χ3n) is 4.87. The Morgan fingerprint density at radius 2 is 1.76 bits per heavy atom. The van der Waals surface area contributed by atoms with Crippen LogP contribution in [0.5, 0.6) is 0 Å². The van der Waals surface area contributed by atoms with E-state index < -0.39 is 0 Å². The lowest BCUT2D eigenvalue weighted by Gasteiger charge is -2.36. The molecule has 2 aromatic rings. The molecule has 3 heteroatoms. The summed E-state index contributed by atoms with van der Waals surface area (Å²) in [5, 5.41) is 0. The maximum Gasteiger partial charge on any atom is 0.251 e. The zero-order chi connectivity index (χ0) is 17.5. The first kappa shape index (κ1) is 17.4. The molecule has 1 aliphatic heterocycles. The van der Waals surface area contributed by atoms with Gasteiger partial charge in [-0.05, 0) is 50.2 Å². The van der Waals surface area contributed by atoms with E-state index in [0.717, 1.165) is 30.8 Å². The van der Waals surface area contributed by atoms with E-state index in [1.807, 2.05) is 71.6 Å². The van der Waals surface area contributed by atoms with E-state index in [1.54, 1.807) is 6.08 Å². The molecule has 25 heavy (non-hydrogen) atoms. The predicted molar refractivity (Wildman–Crippen MR) is 105 cm³/mol. The normalized spacial score (nSPS) is 18.4. The summed E-state index contributed by atoms with van der Waals surface area (Å²) in [5.41, 5.74) is 2.00. The third-order valence-corrected chi connectivity index (χ3v) is 4.87. The SMILES string of the molecule is CN1CCCCC1CN(C(=O)/C=C/c1ccccc1)c1ccccc1. The van der Waals surface area contributed by atoms with Crippen molar-refractivity contribution in [2.75, 3.05) is 25.0 Å². The van der Waals surface area contributed by atoms with Gasteiger partial charge >= 0.3 is 0 Å². The van der Waals surface area contributed by atoms with E-state index in [0.29, 0.717) is 6.04 Å². The fraction of sp³-hybridized carbons (Fsp3) is 0.318. The Balaban J connectivity index is 1.78. The fourth-order valence-electron chi connectivity index (χ4n) is 3.34. The summed E-state index contributed by atoms with van der Waals surface area (Å²) in [5.74, 6) is 0.0361. The van der Waals surface area contributed by atoms with Gasteiger partial charge in [0.25, 0.3) is 5.91 Å². The molecule has 0 aliphatic carbocycles. The van der Waals surface area contributed by atoms with Crippen molar-refractivity contribution in [2.24, 2.45) is 0 Å². The largest absolute Gasteiger partial charge is 0.307 e. The van der Waals surface area contributed by atoms with Crippen LogP contribution in [0, 0.1) is 0 Å². The number of carbonyl (C=O) groups excluding carboxylic acids is 1. The van der Waals surface area contributed by atoms with Crippen LogP contribution in [0.2, 0.25) is 0 Å². The molecule has 0 bridgehead atoms. The fourth-order valence-corrected chi connectivity index (χ4v) is 3.34. The number of para-hydroxylation sites is 1. The van der Waals surface area contributed by atoms with Gasteiger partial charge in [-0.15, -0.1) is 0 Å². The van der Waals surface area contributed by atoms with Crippen LogP contribution in [0.4, 0.5) is 5.69 Å². The lowest BCUT2D eigenvalue weighted by atomic mass is 10.0. The number of hydrogen-bond acceptors (Lipinski definition) is 2. The molecule has 1 aliphatic rings. The minimum atomic E-state index is 0.0361. The number of anilines is 1. The van der Waals surface area contributed by atoms with Gasteiger partial charge in [0.2, 0.25) is 0 Å². The second-order valence-corrected chi connectivity index (χ2v) is 6.66. The van der Waals surface area contributed by atoms with Crippen LogP contribution in [-0.2, 0) is 4.79 Å². The van der Waals surface area contributed by atoms with Crippen LogP contribution in [-0.4, -0.2) is 37.0 Å². The second kappa shape index (κ2) is 8.63.